The van der Waals surface area contributed by atoms with Crippen molar-refractivity contribution in [1.82, 2.24) is 4.48 Å². The van der Waals surface area contributed by atoms with Gasteiger partial charge in [0, 0.05) is 6.07 Å². The molecule has 0 saturated carbocycles. The largest absolute Gasteiger partial charge is 0.454 e. The fraction of sp³-hybridized carbons (Fsp3) is 0.429. The molecule has 1 aromatic carbocycles. The molecule has 1 aliphatic heterocycles. The topological polar surface area (TPSA) is 18.5 Å². The second-order valence-electron chi connectivity index (χ2n) is 5.03. The molecule has 0 radical (unpaired) electrons. The van der Waals surface area contributed by atoms with Gasteiger partial charge in [-0.1, -0.05) is 12.1 Å². The number of quaternary nitrogens is 1. The van der Waals surface area contributed by atoms with Crippen LogP contribution in [-0.2, 0) is 9.47 Å². The van der Waals surface area contributed by atoms with Crippen LogP contribution >= 0.6 is 0 Å². The first-order valence-corrected chi connectivity index (χ1v) is 5.88. The van der Waals surface area contributed by atoms with Crippen LogP contribution in [0.4, 0.5) is 5.69 Å². The molecular formula is C14H20NO2+. The zero-order valence-corrected chi connectivity index (χ0v) is 10.9. The van der Waals surface area contributed by atoms with E-state index < -0.39 is 0 Å². The second kappa shape index (κ2) is 4.41. The fourth-order valence-electron chi connectivity index (χ4n) is 2.00. The first-order chi connectivity index (χ1) is 8.01. The van der Waals surface area contributed by atoms with Gasteiger partial charge in [0.1, 0.15) is 18.2 Å². The maximum atomic E-state index is 5.43. The Hall–Kier alpha value is -1.48. The fourth-order valence-corrected chi connectivity index (χ4v) is 2.00. The Morgan fingerprint density at radius 1 is 1.18 bits per heavy atom. The molecule has 0 amide bonds. The number of hydrogen-bond acceptors (Lipinski definition) is 2. The van der Waals surface area contributed by atoms with Gasteiger partial charge in [0.25, 0.3) is 6.29 Å². The van der Waals surface area contributed by atoms with E-state index in [0.29, 0.717) is 0 Å². The van der Waals surface area contributed by atoms with Crippen molar-refractivity contribution in [1.29, 1.82) is 0 Å². The van der Waals surface area contributed by atoms with E-state index in [0.717, 1.165) is 4.48 Å². The number of likely N-dealkylation sites (N-methyl/N-ethyl adjacent to an activating group) is 1. The average Bonchev–Trinajstić information content (AvgIpc) is 2.81. The monoisotopic (exact) mass is 234 g/mol. The predicted octanol–water partition coefficient (Wildman–Crippen LogP) is 2.79. The summed E-state index contributed by atoms with van der Waals surface area (Å²) in [6, 6.07) is 8.77. The van der Waals surface area contributed by atoms with Crippen molar-refractivity contribution in [3.63, 3.8) is 0 Å². The summed E-state index contributed by atoms with van der Waals surface area (Å²) in [6.07, 6.45) is 3.01. The van der Waals surface area contributed by atoms with E-state index in [-0.39, 0.29) is 12.3 Å². The quantitative estimate of drug-likeness (QED) is 0.749. The molecular weight excluding hydrogens is 214 g/mol. The van der Waals surface area contributed by atoms with Gasteiger partial charge in [-0.05, 0) is 25.5 Å². The van der Waals surface area contributed by atoms with E-state index in [4.69, 9.17) is 9.47 Å². The van der Waals surface area contributed by atoms with Crippen molar-refractivity contribution >= 4 is 5.69 Å². The third-order valence-corrected chi connectivity index (χ3v) is 3.56. The molecule has 1 unspecified atom stereocenters. The van der Waals surface area contributed by atoms with Crippen LogP contribution in [-0.4, -0.2) is 26.4 Å². The number of rotatable bonds is 3. The molecule has 1 aliphatic rings. The van der Waals surface area contributed by atoms with Crippen LogP contribution in [0.25, 0.3) is 0 Å². The lowest BCUT2D eigenvalue weighted by Crippen LogP contribution is -2.54. The summed E-state index contributed by atoms with van der Waals surface area (Å²) in [7, 11) is 4.34. The van der Waals surface area contributed by atoms with Crippen molar-refractivity contribution in [2.45, 2.75) is 26.2 Å². The third kappa shape index (κ3) is 2.29. The van der Waals surface area contributed by atoms with Crippen LogP contribution in [0.3, 0.4) is 0 Å². The first kappa shape index (κ1) is 12.0. The highest BCUT2D eigenvalue weighted by Crippen LogP contribution is 2.27. The summed E-state index contributed by atoms with van der Waals surface area (Å²) < 4.78 is 11.6. The third-order valence-electron chi connectivity index (χ3n) is 3.56. The van der Waals surface area contributed by atoms with Crippen molar-refractivity contribution in [3.8, 4) is 0 Å². The Kier molecular flexibility index (Phi) is 3.11. The number of nitrogens with zero attached hydrogens (tertiary/aromatic N) is 1. The summed E-state index contributed by atoms with van der Waals surface area (Å²) >= 11 is 0. The molecule has 17 heavy (non-hydrogen) atoms. The molecule has 0 saturated heterocycles. The molecule has 0 fully saturated rings. The van der Waals surface area contributed by atoms with Gasteiger partial charge in [-0.2, -0.15) is 0 Å². The summed E-state index contributed by atoms with van der Waals surface area (Å²) in [5.41, 5.74) is 2.53. The number of aryl methyl sites for hydroxylation is 1. The maximum absolute atomic E-state index is 5.43. The highest BCUT2D eigenvalue weighted by molar-refractivity contribution is 5.44. The van der Waals surface area contributed by atoms with Crippen LogP contribution in [0.1, 0.15) is 12.5 Å². The Bertz CT molecular complexity index is 418. The van der Waals surface area contributed by atoms with E-state index in [1.807, 2.05) is 0 Å². The summed E-state index contributed by atoms with van der Waals surface area (Å²) in [5.74, 6) is 0. The molecule has 1 aromatic rings. The minimum atomic E-state index is -0.203. The van der Waals surface area contributed by atoms with E-state index >= 15 is 0 Å². The lowest BCUT2D eigenvalue weighted by atomic mass is 10.1. The van der Waals surface area contributed by atoms with Crippen molar-refractivity contribution in [3.05, 3.63) is 42.4 Å². The molecule has 1 atom stereocenters. The molecule has 2 rings (SSSR count). The van der Waals surface area contributed by atoms with Gasteiger partial charge >= 0.3 is 0 Å². The zero-order valence-electron chi connectivity index (χ0n) is 10.9. The zero-order chi connectivity index (χ0) is 12.5. The van der Waals surface area contributed by atoms with Gasteiger partial charge in [-0.25, -0.2) is 0 Å². The molecule has 0 aromatic heterocycles. The van der Waals surface area contributed by atoms with Crippen LogP contribution in [0.15, 0.2) is 36.8 Å². The Morgan fingerprint density at radius 3 is 2.41 bits per heavy atom. The van der Waals surface area contributed by atoms with Gasteiger partial charge in [0.2, 0.25) is 0 Å². The van der Waals surface area contributed by atoms with E-state index in [9.17, 15) is 0 Å². The summed E-state index contributed by atoms with van der Waals surface area (Å²) in [6.45, 7) is 4.25. The minimum absolute atomic E-state index is 0.203. The van der Waals surface area contributed by atoms with Gasteiger partial charge in [0.05, 0.1) is 14.1 Å². The van der Waals surface area contributed by atoms with E-state index in [1.54, 1.807) is 12.5 Å². The van der Waals surface area contributed by atoms with E-state index in [2.05, 4.69) is 52.2 Å². The van der Waals surface area contributed by atoms with Gasteiger partial charge in [-0.3, -0.25) is 4.48 Å². The highest BCUT2D eigenvalue weighted by atomic mass is 16.7. The molecule has 0 spiro atoms. The number of hydrogen-bond donors (Lipinski definition) is 0. The lowest BCUT2D eigenvalue weighted by Gasteiger charge is -2.37. The van der Waals surface area contributed by atoms with Crippen LogP contribution in [0.5, 0.6) is 0 Å². The van der Waals surface area contributed by atoms with Crippen molar-refractivity contribution in [2.75, 3.05) is 14.1 Å². The van der Waals surface area contributed by atoms with E-state index in [1.165, 1.54) is 11.3 Å². The van der Waals surface area contributed by atoms with Gasteiger partial charge in [-0.15, -0.1) is 0 Å². The van der Waals surface area contributed by atoms with Crippen molar-refractivity contribution < 1.29 is 9.47 Å². The van der Waals surface area contributed by atoms with Crippen LogP contribution in [0.2, 0.25) is 0 Å². The highest BCUT2D eigenvalue weighted by Gasteiger charge is 2.37. The SMILES string of the molecule is Cc1cccc([N+](C)(C)C(C)C2OC=CO2)c1. The summed E-state index contributed by atoms with van der Waals surface area (Å²) in [5, 5.41) is 0. The minimum Gasteiger partial charge on any atom is -0.454 e. The molecule has 0 bridgehead atoms. The first-order valence-electron chi connectivity index (χ1n) is 5.88. The average molecular weight is 234 g/mol. The Morgan fingerprint density at radius 2 is 1.82 bits per heavy atom. The molecule has 1 heterocycles. The van der Waals surface area contributed by atoms with Crippen LogP contribution in [0, 0.1) is 6.92 Å². The smallest absolute Gasteiger partial charge is 0.292 e. The van der Waals surface area contributed by atoms with Crippen molar-refractivity contribution in [2.24, 2.45) is 0 Å². The molecule has 3 nitrogen and oxygen atoms in total. The maximum Gasteiger partial charge on any atom is 0.292 e. The van der Waals surface area contributed by atoms with Gasteiger partial charge in [0.15, 0.2) is 6.04 Å². The Balaban J connectivity index is 2.22. The number of ether oxygens (including phenoxy) is 2. The van der Waals surface area contributed by atoms with Gasteiger partial charge < -0.3 is 9.47 Å². The predicted molar refractivity (Wildman–Crippen MR) is 69.4 cm³/mol. The van der Waals surface area contributed by atoms with Crippen LogP contribution < -0.4 is 4.48 Å². The molecule has 0 N–H and O–H groups in total. The number of benzene rings is 1. The normalized spacial score (nSPS) is 17.6. The molecule has 0 aliphatic carbocycles. The second-order valence-corrected chi connectivity index (χ2v) is 5.03. The lowest BCUT2D eigenvalue weighted by molar-refractivity contribution is -0.0676. The summed E-state index contributed by atoms with van der Waals surface area (Å²) in [4.78, 5) is 0. The Labute approximate surface area is 103 Å². The molecule has 92 valence electrons. The molecule has 3 heteroatoms. The standard InChI is InChI=1S/C14H20NO2/c1-11-6-5-7-13(10-11)15(3,4)12(2)14-16-8-9-17-14/h5-10,12,14H,1-4H3/q+1.